The summed E-state index contributed by atoms with van der Waals surface area (Å²) in [5, 5.41) is 9.30. The lowest BCUT2D eigenvalue weighted by Crippen LogP contribution is -2.28. The van der Waals surface area contributed by atoms with Crippen molar-refractivity contribution < 1.29 is 14.2 Å². The molecule has 1 saturated heterocycles. The molecule has 0 aliphatic carbocycles. The number of H-pyrrole nitrogens is 1. The van der Waals surface area contributed by atoms with Crippen LogP contribution in [0.2, 0.25) is 0 Å². The quantitative estimate of drug-likeness (QED) is 0.503. The summed E-state index contributed by atoms with van der Waals surface area (Å²) in [5.41, 5.74) is 2.91. The highest BCUT2D eigenvalue weighted by Crippen LogP contribution is 2.28. The fourth-order valence-electron chi connectivity index (χ4n) is 4.07. The van der Waals surface area contributed by atoms with E-state index in [0.29, 0.717) is 29.2 Å². The van der Waals surface area contributed by atoms with Gasteiger partial charge in [0, 0.05) is 54.9 Å². The van der Waals surface area contributed by atoms with Crippen LogP contribution in [0.25, 0.3) is 27.8 Å². The molecule has 0 radical (unpaired) electrons. The number of nitrogens with zero attached hydrogens (tertiary/aromatic N) is 4. The van der Waals surface area contributed by atoms with Gasteiger partial charge in [-0.15, -0.1) is 5.10 Å². The molecule has 9 nitrogen and oxygen atoms in total. The molecule has 0 atom stereocenters. The minimum atomic E-state index is -0.0318. The van der Waals surface area contributed by atoms with Crippen molar-refractivity contribution in [2.75, 3.05) is 45.4 Å². The van der Waals surface area contributed by atoms with E-state index < -0.39 is 0 Å². The van der Waals surface area contributed by atoms with Gasteiger partial charge in [0.2, 0.25) is 0 Å². The fraction of sp³-hybridized carbons (Fsp3) is 0.292. The highest BCUT2D eigenvalue weighted by atomic mass is 16.5. The Kier molecular flexibility index (Phi) is 5.70. The zero-order chi connectivity index (χ0) is 22.8. The van der Waals surface area contributed by atoms with E-state index in [4.69, 9.17) is 14.2 Å². The zero-order valence-electron chi connectivity index (χ0n) is 18.6. The lowest BCUT2D eigenvalue weighted by molar-refractivity contribution is 0.152. The van der Waals surface area contributed by atoms with Gasteiger partial charge in [0.1, 0.15) is 23.0 Å². The van der Waals surface area contributed by atoms with Gasteiger partial charge < -0.3 is 24.1 Å². The van der Waals surface area contributed by atoms with Crippen molar-refractivity contribution in [3.05, 3.63) is 58.9 Å². The van der Waals surface area contributed by atoms with Gasteiger partial charge in [-0.05, 0) is 12.5 Å². The largest absolute Gasteiger partial charge is 0.497 e. The molecule has 0 spiro atoms. The predicted molar refractivity (Wildman–Crippen MR) is 126 cm³/mol. The van der Waals surface area contributed by atoms with Crippen LogP contribution < -0.4 is 19.8 Å². The molecular formula is C24H25N5O4. The highest BCUT2D eigenvalue weighted by molar-refractivity contribution is 5.93. The number of ether oxygens (including phenoxy) is 3. The van der Waals surface area contributed by atoms with Gasteiger partial charge in [0.05, 0.1) is 38.2 Å². The molecular weight excluding hydrogens is 422 g/mol. The van der Waals surface area contributed by atoms with Crippen LogP contribution in [0.15, 0.2) is 53.5 Å². The van der Waals surface area contributed by atoms with Gasteiger partial charge >= 0.3 is 0 Å². The molecule has 9 heteroatoms. The van der Waals surface area contributed by atoms with Crippen molar-refractivity contribution in [1.82, 2.24) is 20.0 Å². The minimum Gasteiger partial charge on any atom is -0.497 e. The molecule has 0 unspecified atom stereocenters. The topological polar surface area (TPSA) is 94.5 Å². The Morgan fingerprint density at radius 2 is 1.85 bits per heavy atom. The Morgan fingerprint density at radius 1 is 1.03 bits per heavy atom. The molecule has 170 valence electrons. The van der Waals surface area contributed by atoms with E-state index in [0.717, 1.165) is 48.7 Å². The van der Waals surface area contributed by atoms with Crippen LogP contribution in [0.4, 0.5) is 5.82 Å². The number of nitrogens with one attached hydrogen (secondary N) is 1. The molecule has 0 amide bonds. The maximum absolute atomic E-state index is 12.9. The zero-order valence-corrected chi connectivity index (χ0v) is 18.6. The number of pyridine rings is 1. The van der Waals surface area contributed by atoms with E-state index in [1.165, 1.54) is 0 Å². The second-order valence-electron chi connectivity index (χ2n) is 7.82. The number of benzene rings is 2. The van der Waals surface area contributed by atoms with Crippen molar-refractivity contribution in [2.45, 2.75) is 6.42 Å². The molecule has 2 aromatic carbocycles. The summed E-state index contributed by atoms with van der Waals surface area (Å²) in [5.74, 6) is 2.10. The molecule has 2 aromatic heterocycles. The lowest BCUT2D eigenvalue weighted by atomic mass is 10.1. The summed E-state index contributed by atoms with van der Waals surface area (Å²) in [4.78, 5) is 18.6. The van der Waals surface area contributed by atoms with E-state index in [-0.39, 0.29) is 5.43 Å². The Morgan fingerprint density at radius 3 is 2.64 bits per heavy atom. The molecule has 1 N–H and O–H groups in total. The molecule has 0 saturated carbocycles. The molecule has 3 heterocycles. The number of aromatic amines is 1. The first-order valence-electron chi connectivity index (χ1n) is 10.8. The fourth-order valence-corrected chi connectivity index (χ4v) is 4.07. The third kappa shape index (κ3) is 4.14. The van der Waals surface area contributed by atoms with Crippen LogP contribution in [0.3, 0.4) is 0 Å². The van der Waals surface area contributed by atoms with Gasteiger partial charge in [-0.25, -0.2) is 4.68 Å². The monoisotopic (exact) mass is 447 g/mol. The van der Waals surface area contributed by atoms with Crippen LogP contribution in [0, 0.1) is 0 Å². The van der Waals surface area contributed by atoms with Crippen molar-refractivity contribution in [3.8, 4) is 28.4 Å². The van der Waals surface area contributed by atoms with E-state index in [2.05, 4.69) is 20.2 Å². The molecule has 4 aromatic rings. The summed E-state index contributed by atoms with van der Waals surface area (Å²) in [6, 6.07) is 12.8. The van der Waals surface area contributed by atoms with Crippen LogP contribution >= 0.6 is 0 Å². The van der Waals surface area contributed by atoms with Gasteiger partial charge in [-0.1, -0.05) is 17.3 Å². The van der Waals surface area contributed by atoms with Gasteiger partial charge in [-0.3, -0.25) is 4.79 Å². The summed E-state index contributed by atoms with van der Waals surface area (Å²) in [6.45, 7) is 2.94. The van der Waals surface area contributed by atoms with E-state index in [9.17, 15) is 4.79 Å². The first kappa shape index (κ1) is 21.0. The van der Waals surface area contributed by atoms with Crippen molar-refractivity contribution in [2.24, 2.45) is 0 Å². The predicted octanol–water partition coefficient (Wildman–Crippen LogP) is 3.02. The van der Waals surface area contributed by atoms with E-state index >= 15 is 0 Å². The maximum atomic E-state index is 12.9. The summed E-state index contributed by atoms with van der Waals surface area (Å²) >= 11 is 0. The van der Waals surface area contributed by atoms with Crippen molar-refractivity contribution in [3.63, 3.8) is 0 Å². The Labute approximate surface area is 190 Å². The first-order chi connectivity index (χ1) is 16.2. The normalized spacial score (nSPS) is 14.3. The number of anilines is 1. The number of hydrogen-bond acceptors (Lipinski definition) is 7. The van der Waals surface area contributed by atoms with Crippen LogP contribution in [0.1, 0.15) is 6.42 Å². The average molecular weight is 447 g/mol. The Bertz CT molecular complexity index is 1320. The number of aromatic nitrogens is 4. The summed E-state index contributed by atoms with van der Waals surface area (Å²) < 4.78 is 18.0. The highest BCUT2D eigenvalue weighted by Gasteiger charge is 2.16. The molecule has 1 aliphatic heterocycles. The van der Waals surface area contributed by atoms with E-state index in [1.807, 2.05) is 36.5 Å². The van der Waals surface area contributed by atoms with Crippen molar-refractivity contribution >= 4 is 16.7 Å². The van der Waals surface area contributed by atoms with Crippen molar-refractivity contribution in [1.29, 1.82) is 0 Å². The minimum absolute atomic E-state index is 0.0318. The molecule has 1 fully saturated rings. The molecule has 0 bridgehead atoms. The van der Waals surface area contributed by atoms with E-state index in [1.54, 1.807) is 31.0 Å². The summed E-state index contributed by atoms with van der Waals surface area (Å²) in [7, 11) is 3.21. The third-order valence-electron chi connectivity index (χ3n) is 5.78. The van der Waals surface area contributed by atoms with Crippen LogP contribution in [-0.2, 0) is 4.74 Å². The smallest absolute Gasteiger partial charge is 0.191 e. The van der Waals surface area contributed by atoms with Gasteiger partial charge in [0.15, 0.2) is 5.43 Å². The molecule has 5 rings (SSSR count). The third-order valence-corrected chi connectivity index (χ3v) is 5.78. The average Bonchev–Trinajstić information content (AvgIpc) is 3.18. The van der Waals surface area contributed by atoms with Gasteiger partial charge in [0.25, 0.3) is 0 Å². The van der Waals surface area contributed by atoms with Crippen LogP contribution in [0.5, 0.6) is 11.5 Å². The van der Waals surface area contributed by atoms with Crippen LogP contribution in [-0.4, -0.2) is 60.5 Å². The second kappa shape index (κ2) is 8.95. The SMILES string of the molecule is COc1cc(OC)cc(-n2cc(-c3cccc4c(=O)cc(N5CCCOCC5)[nH]c34)nn2)c1. The first-order valence-corrected chi connectivity index (χ1v) is 10.8. The maximum Gasteiger partial charge on any atom is 0.191 e. The molecule has 1 aliphatic rings. The number of methoxy groups -OCH3 is 2. The van der Waals surface area contributed by atoms with Gasteiger partial charge in [-0.2, -0.15) is 0 Å². The second-order valence-corrected chi connectivity index (χ2v) is 7.82. The Balaban J connectivity index is 1.58. The number of hydrogen-bond donors (Lipinski definition) is 1. The summed E-state index contributed by atoms with van der Waals surface area (Å²) in [6.07, 6.45) is 2.74. The standard InChI is InChI=1S/C24H25N5O4/c1-31-17-11-16(12-18(13-17)32-2)29-15-21(26-27-29)19-5-3-6-20-22(30)14-23(25-24(19)20)28-7-4-9-33-10-8-28/h3,5-6,11-15H,4,7-10H2,1-2H3,(H,25,30). The molecule has 33 heavy (non-hydrogen) atoms. The Hall–Kier alpha value is -3.85. The number of rotatable bonds is 5. The number of para-hydroxylation sites is 1. The number of fused-ring (bicyclic) bond motifs is 1. The lowest BCUT2D eigenvalue weighted by Gasteiger charge is -2.22.